The number of hydrogen-bond acceptors (Lipinski definition) is 3. The molecule has 1 aromatic heterocycles. The largest absolute Gasteiger partial charge is 0.399 e. The van der Waals surface area contributed by atoms with Crippen molar-refractivity contribution in [3.63, 3.8) is 0 Å². The van der Waals surface area contributed by atoms with E-state index in [4.69, 9.17) is 5.73 Å². The summed E-state index contributed by atoms with van der Waals surface area (Å²) < 4.78 is 1.69. The topological polar surface area (TPSA) is 64.2 Å². The van der Waals surface area contributed by atoms with Crippen molar-refractivity contribution in [2.24, 2.45) is 11.8 Å². The molecule has 5 heteroatoms. The second kappa shape index (κ2) is 5.24. The number of rotatable bonds is 4. The average molecular weight is 284 g/mol. The third-order valence-corrected chi connectivity index (χ3v) is 4.10. The van der Waals surface area contributed by atoms with Gasteiger partial charge in [0.1, 0.15) is 0 Å². The number of aromatic nitrogens is 2. The van der Waals surface area contributed by atoms with Crippen LogP contribution >= 0.6 is 0 Å². The molecule has 5 nitrogen and oxygen atoms in total. The summed E-state index contributed by atoms with van der Waals surface area (Å²) in [4.78, 5) is 14.1. The molecule has 0 aliphatic heterocycles. The van der Waals surface area contributed by atoms with Gasteiger partial charge in [-0.25, -0.2) is 4.68 Å². The fourth-order valence-electron chi connectivity index (χ4n) is 2.49. The summed E-state index contributed by atoms with van der Waals surface area (Å²) >= 11 is 0. The molecule has 0 bridgehead atoms. The van der Waals surface area contributed by atoms with Gasteiger partial charge in [-0.1, -0.05) is 6.92 Å². The Morgan fingerprint density at radius 3 is 2.67 bits per heavy atom. The van der Waals surface area contributed by atoms with Crippen molar-refractivity contribution in [2.75, 3.05) is 19.3 Å². The second-order valence-electron chi connectivity index (χ2n) is 5.90. The van der Waals surface area contributed by atoms with Crippen LogP contribution in [0.1, 0.15) is 23.8 Å². The Kier molecular flexibility index (Phi) is 3.41. The third-order valence-electron chi connectivity index (χ3n) is 4.10. The van der Waals surface area contributed by atoms with Gasteiger partial charge in [0.15, 0.2) is 5.69 Å². The number of benzene rings is 1. The minimum Gasteiger partial charge on any atom is -0.399 e. The quantitative estimate of drug-likeness (QED) is 0.875. The zero-order chi connectivity index (χ0) is 15.0. The molecule has 1 aliphatic carbocycles. The van der Waals surface area contributed by atoms with Crippen LogP contribution in [0.4, 0.5) is 5.69 Å². The Labute approximate surface area is 124 Å². The number of anilines is 1. The molecule has 21 heavy (non-hydrogen) atoms. The molecule has 1 aliphatic rings. The predicted molar refractivity (Wildman–Crippen MR) is 82.2 cm³/mol. The molecule has 0 spiro atoms. The molecule has 2 aromatic rings. The summed E-state index contributed by atoms with van der Waals surface area (Å²) in [5.41, 5.74) is 7.74. The van der Waals surface area contributed by atoms with Crippen molar-refractivity contribution in [2.45, 2.75) is 13.3 Å². The number of amides is 1. The van der Waals surface area contributed by atoms with Crippen molar-refractivity contribution >= 4 is 11.6 Å². The van der Waals surface area contributed by atoms with Crippen LogP contribution in [0.15, 0.2) is 36.5 Å². The predicted octanol–water partition coefficient (Wildman–Crippen LogP) is 2.18. The van der Waals surface area contributed by atoms with Gasteiger partial charge < -0.3 is 10.6 Å². The molecule has 1 fully saturated rings. The van der Waals surface area contributed by atoms with Gasteiger partial charge in [-0.05, 0) is 48.6 Å². The molecule has 1 aromatic carbocycles. The SMILES string of the molecule is CC1CC1CN(C)C(=O)c1ccn(-c2ccc(N)cc2)n1. The van der Waals surface area contributed by atoms with E-state index in [-0.39, 0.29) is 5.91 Å². The highest BCUT2D eigenvalue weighted by molar-refractivity contribution is 5.92. The van der Waals surface area contributed by atoms with Crippen LogP contribution < -0.4 is 5.73 Å². The third kappa shape index (κ3) is 2.91. The van der Waals surface area contributed by atoms with Gasteiger partial charge in [0.25, 0.3) is 5.91 Å². The van der Waals surface area contributed by atoms with Crippen LogP contribution in [0.25, 0.3) is 5.69 Å². The van der Waals surface area contributed by atoms with Crippen LogP contribution in [0.5, 0.6) is 0 Å². The van der Waals surface area contributed by atoms with E-state index >= 15 is 0 Å². The molecule has 0 radical (unpaired) electrons. The number of carbonyl (C=O) groups is 1. The Hall–Kier alpha value is -2.30. The van der Waals surface area contributed by atoms with Crippen molar-refractivity contribution in [3.8, 4) is 5.69 Å². The van der Waals surface area contributed by atoms with Crippen LogP contribution in [0, 0.1) is 11.8 Å². The molecule has 2 N–H and O–H groups in total. The Morgan fingerprint density at radius 2 is 2.05 bits per heavy atom. The minimum absolute atomic E-state index is 0.0247. The number of nitrogen functional groups attached to an aromatic ring is 1. The van der Waals surface area contributed by atoms with Gasteiger partial charge in [-0.15, -0.1) is 0 Å². The second-order valence-corrected chi connectivity index (χ2v) is 5.90. The molecule has 1 saturated carbocycles. The number of carbonyl (C=O) groups excluding carboxylic acids is 1. The van der Waals surface area contributed by atoms with E-state index in [1.165, 1.54) is 6.42 Å². The molecule has 1 amide bonds. The molecule has 3 rings (SSSR count). The first-order valence-electron chi connectivity index (χ1n) is 7.21. The maximum absolute atomic E-state index is 12.3. The smallest absolute Gasteiger partial charge is 0.274 e. The van der Waals surface area contributed by atoms with Crippen LogP contribution in [0.2, 0.25) is 0 Å². The van der Waals surface area contributed by atoms with E-state index in [1.807, 2.05) is 31.3 Å². The van der Waals surface area contributed by atoms with Gasteiger partial charge >= 0.3 is 0 Å². The summed E-state index contributed by atoms with van der Waals surface area (Å²) in [6.45, 7) is 3.04. The Morgan fingerprint density at radius 1 is 1.38 bits per heavy atom. The molecule has 110 valence electrons. The highest BCUT2D eigenvalue weighted by atomic mass is 16.2. The lowest BCUT2D eigenvalue weighted by Crippen LogP contribution is -2.29. The highest BCUT2D eigenvalue weighted by Gasteiger charge is 2.34. The van der Waals surface area contributed by atoms with E-state index in [9.17, 15) is 4.79 Å². The summed E-state index contributed by atoms with van der Waals surface area (Å²) in [5.74, 6) is 1.37. The van der Waals surface area contributed by atoms with Crippen molar-refractivity contribution < 1.29 is 4.79 Å². The van der Waals surface area contributed by atoms with Crippen molar-refractivity contribution in [1.82, 2.24) is 14.7 Å². The fraction of sp³-hybridized carbons (Fsp3) is 0.375. The standard InChI is InChI=1S/C16H20N4O/c1-11-9-12(11)10-19(2)16(21)15-7-8-20(18-15)14-5-3-13(17)4-6-14/h3-8,11-12H,9-10,17H2,1-2H3. The first kappa shape index (κ1) is 13.7. The monoisotopic (exact) mass is 284 g/mol. The summed E-state index contributed by atoms with van der Waals surface area (Å²) in [5, 5.41) is 4.36. The van der Waals surface area contributed by atoms with Crippen LogP contribution in [0.3, 0.4) is 0 Å². The fourth-order valence-corrected chi connectivity index (χ4v) is 2.49. The first-order chi connectivity index (χ1) is 10.0. The first-order valence-corrected chi connectivity index (χ1v) is 7.21. The van der Waals surface area contributed by atoms with Crippen LogP contribution in [-0.4, -0.2) is 34.2 Å². The van der Waals surface area contributed by atoms with E-state index < -0.39 is 0 Å². The highest BCUT2D eigenvalue weighted by Crippen LogP contribution is 2.38. The number of nitrogens with two attached hydrogens (primary N) is 1. The summed E-state index contributed by atoms with van der Waals surface area (Å²) in [6, 6.07) is 9.15. The molecular formula is C16H20N4O. The van der Waals surface area contributed by atoms with Gasteiger partial charge in [0, 0.05) is 25.5 Å². The lowest BCUT2D eigenvalue weighted by Gasteiger charge is -2.15. The number of hydrogen-bond donors (Lipinski definition) is 1. The Balaban J connectivity index is 1.71. The zero-order valence-corrected chi connectivity index (χ0v) is 12.4. The lowest BCUT2D eigenvalue weighted by atomic mass is 10.3. The van der Waals surface area contributed by atoms with Crippen molar-refractivity contribution in [1.29, 1.82) is 0 Å². The molecule has 1 heterocycles. The normalized spacial score (nSPS) is 20.3. The summed E-state index contributed by atoms with van der Waals surface area (Å²) in [7, 11) is 1.84. The average Bonchev–Trinajstić information content (AvgIpc) is 2.97. The summed E-state index contributed by atoms with van der Waals surface area (Å²) in [6.07, 6.45) is 3.02. The maximum Gasteiger partial charge on any atom is 0.274 e. The van der Waals surface area contributed by atoms with E-state index in [2.05, 4.69) is 12.0 Å². The van der Waals surface area contributed by atoms with E-state index in [0.29, 0.717) is 17.3 Å². The molecule has 2 unspecified atom stereocenters. The molecule has 0 saturated heterocycles. The zero-order valence-electron chi connectivity index (χ0n) is 12.4. The Bertz CT molecular complexity index is 647. The van der Waals surface area contributed by atoms with Gasteiger partial charge in [0.2, 0.25) is 0 Å². The van der Waals surface area contributed by atoms with Crippen molar-refractivity contribution in [3.05, 3.63) is 42.2 Å². The van der Waals surface area contributed by atoms with Crippen LogP contribution in [-0.2, 0) is 0 Å². The molecule has 2 atom stereocenters. The van der Waals surface area contributed by atoms with Gasteiger partial charge in [0.05, 0.1) is 5.69 Å². The van der Waals surface area contributed by atoms with E-state index in [1.54, 1.807) is 21.8 Å². The maximum atomic E-state index is 12.3. The molecular weight excluding hydrogens is 264 g/mol. The number of nitrogens with zero attached hydrogens (tertiary/aromatic N) is 3. The van der Waals surface area contributed by atoms with Gasteiger partial charge in [-0.2, -0.15) is 5.10 Å². The van der Waals surface area contributed by atoms with E-state index in [0.717, 1.165) is 18.2 Å². The lowest BCUT2D eigenvalue weighted by molar-refractivity contribution is 0.0781. The minimum atomic E-state index is -0.0247. The van der Waals surface area contributed by atoms with Gasteiger partial charge in [-0.3, -0.25) is 4.79 Å².